The molecule has 0 bridgehead atoms. The van der Waals surface area contributed by atoms with Crippen molar-refractivity contribution in [3.05, 3.63) is 5.51 Å². The fourth-order valence-corrected chi connectivity index (χ4v) is 1.94. The molecule has 0 radical (unpaired) electrons. The van der Waals surface area contributed by atoms with Gasteiger partial charge in [0.15, 0.2) is 0 Å². The lowest BCUT2D eigenvalue weighted by Crippen LogP contribution is -2.30. The van der Waals surface area contributed by atoms with Crippen molar-refractivity contribution in [2.45, 2.75) is 20.3 Å². The van der Waals surface area contributed by atoms with Crippen molar-refractivity contribution in [3.8, 4) is 0 Å². The van der Waals surface area contributed by atoms with E-state index in [4.69, 9.17) is 18.0 Å². The van der Waals surface area contributed by atoms with Crippen molar-refractivity contribution < 1.29 is 0 Å². The molecule has 0 aliphatic rings. The van der Waals surface area contributed by atoms with Crippen molar-refractivity contribution in [1.29, 1.82) is 0 Å². The summed E-state index contributed by atoms with van der Waals surface area (Å²) in [4.78, 5) is 2.73. The van der Waals surface area contributed by atoms with E-state index in [1.54, 1.807) is 16.8 Å². The van der Waals surface area contributed by atoms with Crippen molar-refractivity contribution in [2.24, 2.45) is 11.7 Å². The summed E-state index contributed by atoms with van der Waals surface area (Å²) in [5.74, 6) is 0.584. The molecule has 0 saturated heterocycles. The number of nitrogens with two attached hydrogens (primary N) is 1. The highest BCUT2D eigenvalue weighted by Gasteiger charge is 2.11. The van der Waals surface area contributed by atoms with E-state index >= 15 is 0 Å². The molecular weight excluding hydrogens is 228 g/mol. The minimum Gasteiger partial charge on any atom is -0.393 e. The molecule has 0 atom stereocenters. The summed E-state index contributed by atoms with van der Waals surface area (Å²) in [6.07, 6.45) is 0.724. The third-order valence-corrected chi connectivity index (χ3v) is 2.79. The van der Waals surface area contributed by atoms with E-state index in [0.29, 0.717) is 10.9 Å². The van der Waals surface area contributed by atoms with Gasteiger partial charge in [0, 0.05) is 19.5 Å². The van der Waals surface area contributed by atoms with Crippen molar-refractivity contribution in [1.82, 2.24) is 10.2 Å². The van der Waals surface area contributed by atoms with Crippen LogP contribution in [0.5, 0.6) is 0 Å². The Morgan fingerprint density at radius 1 is 1.67 bits per heavy atom. The van der Waals surface area contributed by atoms with Gasteiger partial charge in [0.05, 0.1) is 4.99 Å². The van der Waals surface area contributed by atoms with Crippen LogP contribution in [0.3, 0.4) is 0 Å². The van der Waals surface area contributed by atoms with Gasteiger partial charge in [-0.05, 0) is 5.92 Å². The van der Waals surface area contributed by atoms with Gasteiger partial charge in [-0.2, -0.15) is 0 Å². The monoisotopic (exact) mass is 244 g/mol. The maximum atomic E-state index is 5.50. The molecule has 6 heteroatoms. The zero-order valence-electron chi connectivity index (χ0n) is 9.01. The van der Waals surface area contributed by atoms with E-state index in [2.05, 4.69) is 28.9 Å². The number of nitrogens with zero attached hydrogens (tertiary/aromatic N) is 3. The van der Waals surface area contributed by atoms with Crippen LogP contribution in [0, 0.1) is 5.92 Å². The van der Waals surface area contributed by atoms with Gasteiger partial charge in [-0.1, -0.05) is 37.4 Å². The molecule has 84 valence electrons. The molecule has 1 aromatic heterocycles. The Balaban J connectivity index is 2.57. The van der Waals surface area contributed by atoms with E-state index in [1.807, 2.05) is 0 Å². The second-order valence-electron chi connectivity index (χ2n) is 3.78. The fraction of sp³-hybridized carbons (Fsp3) is 0.667. The van der Waals surface area contributed by atoms with E-state index < -0.39 is 0 Å². The first-order valence-electron chi connectivity index (χ1n) is 4.89. The number of hydrogen-bond acceptors (Lipinski definition) is 5. The van der Waals surface area contributed by atoms with Crippen molar-refractivity contribution in [2.75, 3.05) is 18.0 Å². The Kier molecular flexibility index (Phi) is 4.90. The van der Waals surface area contributed by atoms with Gasteiger partial charge in [0.1, 0.15) is 5.51 Å². The van der Waals surface area contributed by atoms with Crippen molar-refractivity contribution in [3.63, 3.8) is 0 Å². The van der Waals surface area contributed by atoms with Crippen LogP contribution in [0.4, 0.5) is 5.13 Å². The molecular formula is C9H16N4S2. The summed E-state index contributed by atoms with van der Waals surface area (Å²) in [5.41, 5.74) is 7.24. The zero-order chi connectivity index (χ0) is 11.3. The molecule has 0 spiro atoms. The molecule has 1 rings (SSSR count). The summed E-state index contributed by atoms with van der Waals surface area (Å²) in [6.45, 7) is 6.13. The maximum absolute atomic E-state index is 5.50. The Labute approximate surface area is 99.5 Å². The molecule has 2 N–H and O–H groups in total. The van der Waals surface area contributed by atoms with Crippen LogP contribution in [0.1, 0.15) is 20.3 Å². The van der Waals surface area contributed by atoms with Crippen LogP contribution in [0.15, 0.2) is 5.51 Å². The lowest BCUT2D eigenvalue weighted by molar-refractivity contribution is 0.611. The Morgan fingerprint density at radius 2 is 2.40 bits per heavy atom. The molecule has 1 heterocycles. The van der Waals surface area contributed by atoms with Crippen LogP contribution in [0.2, 0.25) is 0 Å². The summed E-state index contributed by atoms with van der Waals surface area (Å²) in [5, 5.41) is 8.84. The quantitative estimate of drug-likeness (QED) is 0.772. The second kappa shape index (κ2) is 5.97. The second-order valence-corrected chi connectivity index (χ2v) is 5.11. The molecule has 0 fully saturated rings. The first-order valence-corrected chi connectivity index (χ1v) is 6.17. The van der Waals surface area contributed by atoms with Gasteiger partial charge in [-0.3, -0.25) is 0 Å². The molecule has 0 aromatic carbocycles. The predicted octanol–water partition coefficient (Wildman–Crippen LogP) is 1.68. The van der Waals surface area contributed by atoms with E-state index in [1.165, 1.54) is 0 Å². The third-order valence-electron chi connectivity index (χ3n) is 1.83. The molecule has 0 aliphatic carbocycles. The Morgan fingerprint density at radius 3 is 2.87 bits per heavy atom. The molecule has 0 aliphatic heterocycles. The number of hydrogen-bond donors (Lipinski definition) is 1. The Hall–Kier alpha value is -0.750. The molecule has 4 nitrogen and oxygen atoms in total. The number of aromatic nitrogens is 2. The van der Waals surface area contributed by atoms with Crippen LogP contribution in [0.25, 0.3) is 0 Å². The van der Waals surface area contributed by atoms with E-state index in [-0.39, 0.29) is 0 Å². The molecule has 0 saturated carbocycles. The van der Waals surface area contributed by atoms with Crippen LogP contribution in [-0.4, -0.2) is 28.3 Å². The lowest BCUT2D eigenvalue weighted by atomic mass is 10.2. The van der Waals surface area contributed by atoms with Gasteiger partial charge in [0.2, 0.25) is 5.13 Å². The van der Waals surface area contributed by atoms with E-state index in [0.717, 1.165) is 24.6 Å². The first kappa shape index (κ1) is 12.3. The lowest BCUT2D eigenvalue weighted by Gasteiger charge is -2.22. The standard InChI is InChI=1S/C9H16N4S2/c1-7(2)5-13(4-3-8(10)14)9-12-11-6-15-9/h6-7H,3-5H2,1-2H3,(H2,10,14). The minimum absolute atomic E-state index is 0.549. The maximum Gasteiger partial charge on any atom is 0.208 e. The third kappa shape index (κ3) is 4.53. The Bertz CT molecular complexity index is 297. The highest BCUT2D eigenvalue weighted by molar-refractivity contribution is 7.80. The normalized spacial score (nSPS) is 10.6. The summed E-state index contributed by atoms with van der Waals surface area (Å²) in [7, 11) is 0. The molecule has 0 unspecified atom stereocenters. The van der Waals surface area contributed by atoms with Gasteiger partial charge in [0.25, 0.3) is 0 Å². The molecule has 1 aromatic rings. The summed E-state index contributed by atoms with van der Waals surface area (Å²) in [6, 6.07) is 0. The SMILES string of the molecule is CC(C)CN(CCC(N)=S)c1nncs1. The minimum atomic E-state index is 0.549. The number of thiocarbonyl (C=S) groups is 1. The number of rotatable bonds is 6. The zero-order valence-corrected chi connectivity index (χ0v) is 10.6. The average Bonchev–Trinajstić information content (AvgIpc) is 2.63. The van der Waals surface area contributed by atoms with Crippen LogP contribution in [-0.2, 0) is 0 Å². The van der Waals surface area contributed by atoms with E-state index in [9.17, 15) is 0 Å². The molecule has 0 amide bonds. The summed E-state index contributed by atoms with van der Waals surface area (Å²) < 4.78 is 0. The average molecular weight is 244 g/mol. The topological polar surface area (TPSA) is 55.0 Å². The number of anilines is 1. The smallest absolute Gasteiger partial charge is 0.208 e. The fourth-order valence-electron chi connectivity index (χ4n) is 1.26. The predicted molar refractivity (Wildman–Crippen MR) is 68.4 cm³/mol. The van der Waals surface area contributed by atoms with Crippen LogP contribution < -0.4 is 10.6 Å². The van der Waals surface area contributed by atoms with Gasteiger partial charge in [-0.25, -0.2) is 0 Å². The van der Waals surface area contributed by atoms with Crippen molar-refractivity contribution >= 4 is 33.7 Å². The van der Waals surface area contributed by atoms with Gasteiger partial charge >= 0.3 is 0 Å². The highest BCUT2D eigenvalue weighted by Crippen LogP contribution is 2.17. The summed E-state index contributed by atoms with van der Waals surface area (Å²) >= 11 is 6.42. The largest absolute Gasteiger partial charge is 0.393 e. The van der Waals surface area contributed by atoms with Gasteiger partial charge < -0.3 is 10.6 Å². The first-order chi connectivity index (χ1) is 7.09. The highest BCUT2D eigenvalue weighted by atomic mass is 32.1. The van der Waals surface area contributed by atoms with Crippen LogP contribution >= 0.6 is 23.6 Å². The van der Waals surface area contributed by atoms with Gasteiger partial charge in [-0.15, -0.1) is 10.2 Å². The molecule has 15 heavy (non-hydrogen) atoms.